The van der Waals surface area contributed by atoms with Gasteiger partial charge in [-0.25, -0.2) is 4.79 Å². The van der Waals surface area contributed by atoms with Crippen LogP contribution in [0.15, 0.2) is 6.07 Å². The van der Waals surface area contributed by atoms with E-state index in [-0.39, 0.29) is 17.3 Å². The van der Waals surface area contributed by atoms with E-state index in [4.69, 9.17) is 0 Å². The van der Waals surface area contributed by atoms with E-state index in [0.717, 1.165) is 48.3 Å². The van der Waals surface area contributed by atoms with Gasteiger partial charge in [-0.05, 0) is 51.7 Å². The number of carbonyl (C=O) groups excluding carboxylic acids is 1. The van der Waals surface area contributed by atoms with E-state index in [9.17, 15) is 9.00 Å². The molecule has 128 valence electrons. The normalized spacial score (nSPS) is 22.4. The molecular weight excluding hydrogens is 310 g/mol. The summed E-state index contributed by atoms with van der Waals surface area (Å²) in [4.78, 5) is 16.7. The van der Waals surface area contributed by atoms with Gasteiger partial charge in [0, 0.05) is 33.5 Å². The summed E-state index contributed by atoms with van der Waals surface area (Å²) in [5.41, 5.74) is 3.56. The Morgan fingerprint density at radius 3 is 2.74 bits per heavy atom. The van der Waals surface area contributed by atoms with Gasteiger partial charge in [0.2, 0.25) is 0 Å². The number of nitrogens with one attached hydrogen (secondary N) is 2. The quantitative estimate of drug-likeness (QED) is 0.886. The molecule has 1 aliphatic rings. The van der Waals surface area contributed by atoms with E-state index >= 15 is 0 Å². The summed E-state index contributed by atoms with van der Waals surface area (Å²) < 4.78 is 12.0. The summed E-state index contributed by atoms with van der Waals surface area (Å²) in [6.45, 7) is 7.77. The van der Waals surface area contributed by atoms with Gasteiger partial charge in [-0.15, -0.1) is 0 Å². The first-order valence-corrected chi connectivity index (χ1v) is 9.68. The highest BCUT2D eigenvalue weighted by molar-refractivity contribution is 7.85. The van der Waals surface area contributed by atoms with Crippen molar-refractivity contribution in [3.63, 3.8) is 0 Å². The molecular formula is C17H27N3O2S. The Morgan fingerprint density at radius 1 is 1.35 bits per heavy atom. The Morgan fingerprint density at radius 2 is 2.09 bits per heavy atom. The van der Waals surface area contributed by atoms with Gasteiger partial charge in [-0.1, -0.05) is 13.3 Å². The molecule has 1 aromatic rings. The second-order valence-electron chi connectivity index (χ2n) is 6.29. The van der Waals surface area contributed by atoms with E-state index in [1.165, 1.54) is 0 Å². The van der Waals surface area contributed by atoms with Gasteiger partial charge in [0.25, 0.3) is 0 Å². The summed E-state index contributed by atoms with van der Waals surface area (Å²) in [6, 6.07) is 1.86. The van der Waals surface area contributed by atoms with Crippen LogP contribution in [0.5, 0.6) is 0 Å². The number of anilines is 1. The predicted octanol–water partition coefficient (Wildman–Crippen LogP) is 3.21. The molecule has 23 heavy (non-hydrogen) atoms. The van der Waals surface area contributed by atoms with Crippen LogP contribution in [-0.2, 0) is 10.8 Å². The van der Waals surface area contributed by atoms with Crippen molar-refractivity contribution in [2.75, 3.05) is 11.1 Å². The Bertz CT molecular complexity index is 580. The number of amides is 2. The molecule has 1 saturated carbocycles. The number of rotatable bonds is 4. The molecule has 0 aromatic carbocycles. The van der Waals surface area contributed by atoms with E-state index in [0.29, 0.717) is 5.75 Å². The molecule has 5 nitrogen and oxygen atoms in total. The fourth-order valence-corrected chi connectivity index (χ4v) is 4.65. The molecule has 2 rings (SSSR count). The van der Waals surface area contributed by atoms with Crippen LogP contribution in [-0.4, -0.2) is 32.3 Å². The second-order valence-corrected chi connectivity index (χ2v) is 8.30. The summed E-state index contributed by atoms with van der Waals surface area (Å²) >= 11 is 0. The van der Waals surface area contributed by atoms with Crippen LogP contribution in [0.4, 0.5) is 10.5 Å². The highest BCUT2D eigenvalue weighted by atomic mass is 32.2. The lowest BCUT2D eigenvalue weighted by molar-refractivity contribution is 0.244. The number of aromatic nitrogens is 1. The van der Waals surface area contributed by atoms with Crippen molar-refractivity contribution in [1.82, 2.24) is 10.3 Å². The SMILES string of the molecule is CC[S@](=O)[C@@H]1CCC[C@H](NC(=O)Nc2c(C)cc(C)nc2C)C1. The van der Waals surface area contributed by atoms with Crippen LogP contribution in [0.25, 0.3) is 0 Å². The van der Waals surface area contributed by atoms with Crippen LogP contribution < -0.4 is 10.6 Å². The zero-order valence-electron chi connectivity index (χ0n) is 14.4. The van der Waals surface area contributed by atoms with Crippen LogP contribution in [0.2, 0.25) is 0 Å². The van der Waals surface area contributed by atoms with Crippen molar-refractivity contribution in [2.24, 2.45) is 0 Å². The molecule has 6 heteroatoms. The fraction of sp³-hybridized carbons (Fsp3) is 0.647. The maximum atomic E-state index is 12.3. The summed E-state index contributed by atoms with van der Waals surface area (Å²) in [7, 11) is -0.779. The van der Waals surface area contributed by atoms with Gasteiger partial charge in [-0.2, -0.15) is 0 Å². The Hall–Kier alpha value is -1.43. The Labute approximate surface area is 141 Å². The van der Waals surface area contributed by atoms with Gasteiger partial charge >= 0.3 is 6.03 Å². The zero-order chi connectivity index (χ0) is 17.0. The predicted molar refractivity (Wildman–Crippen MR) is 95.3 cm³/mol. The van der Waals surface area contributed by atoms with Crippen molar-refractivity contribution in [2.45, 2.75) is 64.7 Å². The molecule has 0 unspecified atom stereocenters. The third-order valence-electron chi connectivity index (χ3n) is 4.38. The first kappa shape index (κ1) is 17.9. The number of hydrogen-bond donors (Lipinski definition) is 2. The maximum absolute atomic E-state index is 12.3. The summed E-state index contributed by atoms with van der Waals surface area (Å²) in [6.07, 6.45) is 3.78. The Balaban J connectivity index is 1.96. The molecule has 0 saturated heterocycles. The molecule has 1 fully saturated rings. The zero-order valence-corrected chi connectivity index (χ0v) is 15.3. The lowest BCUT2D eigenvalue weighted by Crippen LogP contribution is -2.43. The maximum Gasteiger partial charge on any atom is 0.319 e. The number of aryl methyl sites for hydroxylation is 3. The molecule has 1 heterocycles. The van der Waals surface area contributed by atoms with Crippen molar-refractivity contribution in [1.29, 1.82) is 0 Å². The molecule has 3 atom stereocenters. The Kier molecular flexibility index (Phi) is 6.16. The van der Waals surface area contributed by atoms with Crippen LogP contribution in [0.3, 0.4) is 0 Å². The molecule has 0 spiro atoms. The monoisotopic (exact) mass is 337 g/mol. The molecule has 1 aromatic heterocycles. The third-order valence-corrected chi connectivity index (χ3v) is 6.12. The van der Waals surface area contributed by atoms with Gasteiger partial charge in [0.1, 0.15) is 0 Å². The second kappa shape index (κ2) is 7.90. The van der Waals surface area contributed by atoms with Gasteiger partial charge < -0.3 is 10.6 Å². The fourth-order valence-electron chi connectivity index (χ4n) is 3.30. The lowest BCUT2D eigenvalue weighted by atomic mass is 9.95. The van der Waals surface area contributed by atoms with Gasteiger partial charge in [0.15, 0.2) is 0 Å². The van der Waals surface area contributed by atoms with Gasteiger partial charge in [0.05, 0.1) is 11.4 Å². The minimum Gasteiger partial charge on any atom is -0.335 e. The number of urea groups is 1. The van der Waals surface area contributed by atoms with E-state index in [1.807, 2.05) is 33.8 Å². The smallest absolute Gasteiger partial charge is 0.319 e. The average molecular weight is 337 g/mol. The average Bonchev–Trinajstić information content (AvgIpc) is 2.50. The molecule has 2 amide bonds. The van der Waals surface area contributed by atoms with Crippen molar-refractivity contribution < 1.29 is 9.00 Å². The minimum atomic E-state index is -0.779. The third kappa shape index (κ3) is 4.77. The lowest BCUT2D eigenvalue weighted by Gasteiger charge is -2.29. The van der Waals surface area contributed by atoms with E-state index < -0.39 is 10.8 Å². The first-order valence-electron chi connectivity index (χ1n) is 8.30. The van der Waals surface area contributed by atoms with Crippen LogP contribution in [0, 0.1) is 20.8 Å². The summed E-state index contributed by atoms with van der Waals surface area (Å²) in [5.74, 6) is 0.691. The molecule has 0 radical (unpaired) electrons. The van der Waals surface area contributed by atoms with Crippen molar-refractivity contribution in [3.05, 3.63) is 23.0 Å². The highest BCUT2D eigenvalue weighted by Gasteiger charge is 2.26. The van der Waals surface area contributed by atoms with Crippen molar-refractivity contribution in [3.8, 4) is 0 Å². The number of hydrogen-bond acceptors (Lipinski definition) is 3. The van der Waals surface area contributed by atoms with Crippen molar-refractivity contribution >= 4 is 22.5 Å². The molecule has 0 bridgehead atoms. The number of nitrogens with zero attached hydrogens (tertiary/aromatic N) is 1. The van der Waals surface area contributed by atoms with Crippen LogP contribution >= 0.6 is 0 Å². The van der Waals surface area contributed by atoms with E-state index in [1.54, 1.807) is 0 Å². The largest absolute Gasteiger partial charge is 0.335 e. The van der Waals surface area contributed by atoms with Gasteiger partial charge in [-0.3, -0.25) is 9.19 Å². The molecule has 2 N–H and O–H groups in total. The minimum absolute atomic E-state index is 0.100. The van der Waals surface area contributed by atoms with E-state index in [2.05, 4.69) is 15.6 Å². The standard InChI is InChI=1S/C17H27N3O2S/c1-5-23(22)15-8-6-7-14(10-15)19-17(21)20-16-11(2)9-12(3)18-13(16)4/h9,14-15H,5-8,10H2,1-4H3,(H2,19,20,21)/t14-,15+,23-/m0/s1. The summed E-state index contributed by atoms with van der Waals surface area (Å²) in [5, 5.41) is 6.17. The number of pyridine rings is 1. The molecule has 1 aliphatic carbocycles. The first-order chi connectivity index (χ1) is 10.9. The topological polar surface area (TPSA) is 71.1 Å². The number of carbonyl (C=O) groups is 1. The highest BCUT2D eigenvalue weighted by Crippen LogP contribution is 2.24. The molecule has 0 aliphatic heterocycles. The van der Waals surface area contributed by atoms with Crippen LogP contribution in [0.1, 0.15) is 49.6 Å².